The molecule has 6 nitrogen and oxygen atoms in total. The quantitative estimate of drug-likeness (QED) is 0.400. The molecule has 0 radical (unpaired) electrons. The molecule has 0 aliphatic heterocycles. The summed E-state index contributed by atoms with van der Waals surface area (Å²) >= 11 is 5.26. The number of rotatable bonds is 3. The Kier molecular flexibility index (Phi) is 5.00. The van der Waals surface area contributed by atoms with Gasteiger partial charge in [-0.1, -0.05) is 0 Å². The van der Waals surface area contributed by atoms with Crippen molar-refractivity contribution >= 4 is 50.8 Å². The molecule has 92 valence electrons. The maximum Gasteiger partial charge on any atom is 0.332 e. The number of primary amides is 1. The number of nitrogens with zero attached hydrogens (tertiary/aromatic N) is 1. The summed E-state index contributed by atoms with van der Waals surface area (Å²) in [6, 6.07) is 0.825. The van der Waals surface area contributed by atoms with E-state index in [4.69, 9.17) is 10.5 Å². The lowest BCUT2D eigenvalue weighted by Gasteiger charge is -2.09. The van der Waals surface area contributed by atoms with Crippen molar-refractivity contribution in [3.05, 3.63) is 19.7 Å². The molecule has 17 heavy (non-hydrogen) atoms. The van der Waals surface area contributed by atoms with Crippen LogP contribution in [0.25, 0.3) is 0 Å². The minimum absolute atomic E-state index is 0.0417. The molecule has 0 aliphatic rings. The summed E-state index contributed by atoms with van der Waals surface area (Å²) in [5, 5.41) is 13.3. The number of nitrogens with one attached hydrogen (secondary N) is 1. The normalized spacial score (nSPS) is 10.5. The van der Waals surface area contributed by atoms with Gasteiger partial charge in [0.1, 0.15) is 0 Å². The third kappa shape index (κ3) is 3.46. The van der Waals surface area contributed by atoms with Gasteiger partial charge in [-0.3, -0.25) is 0 Å². The molecule has 0 fully saturated rings. The van der Waals surface area contributed by atoms with E-state index < -0.39 is 6.03 Å². The van der Waals surface area contributed by atoms with Crippen LogP contribution >= 0.6 is 38.5 Å². The van der Waals surface area contributed by atoms with Crippen molar-refractivity contribution in [2.24, 2.45) is 10.8 Å². The Bertz CT molecular complexity index is 479. The van der Waals surface area contributed by atoms with Gasteiger partial charge in [0.25, 0.3) is 0 Å². The number of carbonyl (C=O) groups excluding carboxylic acids is 1. The highest BCUT2D eigenvalue weighted by molar-refractivity contribution is 14.1. The van der Waals surface area contributed by atoms with Crippen molar-refractivity contribution in [2.45, 2.75) is 0 Å². The zero-order chi connectivity index (χ0) is 13.0. The zero-order valence-electron chi connectivity index (χ0n) is 8.70. The number of hydrogen-bond acceptors (Lipinski definition) is 4. The Labute approximate surface area is 119 Å². The third-order valence-electron chi connectivity index (χ3n) is 1.77. The van der Waals surface area contributed by atoms with Gasteiger partial charge < -0.3 is 15.6 Å². The van der Waals surface area contributed by atoms with Gasteiger partial charge in [-0.15, -0.1) is 0 Å². The maximum absolute atomic E-state index is 10.4. The number of benzene rings is 1. The number of methoxy groups -OCH3 is 1. The van der Waals surface area contributed by atoms with Crippen molar-refractivity contribution in [1.82, 2.24) is 5.43 Å². The molecule has 0 aliphatic carbocycles. The van der Waals surface area contributed by atoms with Crippen LogP contribution in [0.4, 0.5) is 4.79 Å². The van der Waals surface area contributed by atoms with Crippen LogP contribution in [0, 0.1) is 3.57 Å². The molecule has 0 unspecified atom stereocenters. The molecule has 0 heterocycles. The van der Waals surface area contributed by atoms with Gasteiger partial charge in [0, 0.05) is 10.0 Å². The predicted octanol–water partition coefficient (Wildman–Crippen LogP) is 1.77. The first-order valence-corrected chi connectivity index (χ1v) is 6.18. The first kappa shape index (κ1) is 14.0. The van der Waals surface area contributed by atoms with E-state index in [0.29, 0.717) is 19.4 Å². The summed E-state index contributed by atoms with van der Waals surface area (Å²) in [5.41, 5.74) is 7.57. The van der Waals surface area contributed by atoms with Crippen molar-refractivity contribution in [3.8, 4) is 11.5 Å². The molecule has 0 spiro atoms. The Balaban J connectivity index is 3.12. The summed E-state index contributed by atoms with van der Waals surface area (Å²) in [4.78, 5) is 10.4. The van der Waals surface area contributed by atoms with Crippen LogP contribution in [0.3, 0.4) is 0 Å². The molecule has 0 aromatic heterocycles. The van der Waals surface area contributed by atoms with Gasteiger partial charge in [0.05, 0.1) is 16.9 Å². The van der Waals surface area contributed by atoms with Gasteiger partial charge in [0.2, 0.25) is 0 Å². The summed E-state index contributed by atoms with van der Waals surface area (Å²) in [5.74, 6) is 0.359. The highest BCUT2D eigenvalue weighted by Gasteiger charge is 2.13. The van der Waals surface area contributed by atoms with Crippen LogP contribution < -0.4 is 15.9 Å². The van der Waals surface area contributed by atoms with E-state index in [1.54, 1.807) is 6.07 Å². The molecule has 1 aromatic rings. The first-order valence-electron chi connectivity index (χ1n) is 4.30. The van der Waals surface area contributed by atoms with Crippen molar-refractivity contribution in [1.29, 1.82) is 0 Å². The number of aromatic hydroxyl groups is 1. The monoisotopic (exact) mass is 413 g/mol. The van der Waals surface area contributed by atoms with Crippen LogP contribution in [-0.4, -0.2) is 24.5 Å². The van der Waals surface area contributed by atoms with Gasteiger partial charge in [-0.25, -0.2) is 10.2 Å². The minimum Gasteiger partial charge on any atom is -0.503 e. The third-order valence-corrected chi connectivity index (χ3v) is 4.42. The van der Waals surface area contributed by atoms with Crippen molar-refractivity contribution in [2.75, 3.05) is 7.11 Å². The van der Waals surface area contributed by atoms with E-state index in [0.717, 1.165) is 0 Å². The summed E-state index contributed by atoms with van der Waals surface area (Å²) in [6.45, 7) is 0. The van der Waals surface area contributed by atoms with Gasteiger partial charge in [0.15, 0.2) is 11.5 Å². The van der Waals surface area contributed by atoms with E-state index in [1.165, 1.54) is 13.3 Å². The molecule has 0 atom stereocenters. The van der Waals surface area contributed by atoms with Crippen LogP contribution in [0.15, 0.2) is 15.6 Å². The number of halogens is 2. The van der Waals surface area contributed by atoms with Crippen molar-refractivity contribution < 1.29 is 14.6 Å². The van der Waals surface area contributed by atoms with Gasteiger partial charge in [-0.2, -0.15) is 5.10 Å². The summed E-state index contributed by atoms with van der Waals surface area (Å²) < 4.78 is 6.23. The molecule has 0 bridgehead atoms. The Morgan fingerprint density at radius 1 is 1.76 bits per heavy atom. The van der Waals surface area contributed by atoms with E-state index in [2.05, 4.69) is 26.5 Å². The van der Waals surface area contributed by atoms with Crippen LogP contribution in [-0.2, 0) is 0 Å². The summed E-state index contributed by atoms with van der Waals surface area (Å²) in [6.07, 6.45) is 1.39. The smallest absolute Gasteiger partial charge is 0.332 e. The number of hydrazone groups is 1. The number of ether oxygens (including phenoxy) is 1. The zero-order valence-corrected chi connectivity index (χ0v) is 12.4. The number of amides is 2. The Morgan fingerprint density at radius 2 is 2.41 bits per heavy atom. The molecule has 0 saturated heterocycles. The second-order valence-corrected chi connectivity index (χ2v) is 4.75. The number of phenols is 1. The highest BCUT2D eigenvalue weighted by atomic mass is 127. The summed E-state index contributed by atoms with van der Waals surface area (Å²) in [7, 11) is 1.45. The van der Waals surface area contributed by atoms with Crippen molar-refractivity contribution in [3.63, 3.8) is 0 Å². The lowest BCUT2D eigenvalue weighted by molar-refractivity contribution is 0.249. The second kappa shape index (κ2) is 6.05. The number of hydrogen-bond donors (Lipinski definition) is 3. The lowest BCUT2D eigenvalue weighted by atomic mass is 10.2. The van der Waals surface area contributed by atoms with Gasteiger partial charge in [-0.05, 0) is 44.6 Å². The second-order valence-electron chi connectivity index (χ2n) is 2.88. The van der Waals surface area contributed by atoms with Crippen LogP contribution in [0.1, 0.15) is 5.56 Å². The highest BCUT2D eigenvalue weighted by Crippen LogP contribution is 2.38. The molecule has 0 saturated carbocycles. The topological polar surface area (TPSA) is 96.9 Å². The molecule has 2 amide bonds. The number of urea groups is 1. The van der Waals surface area contributed by atoms with E-state index >= 15 is 0 Å². The largest absolute Gasteiger partial charge is 0.503 e. The van der Waals surface area contributed by atoms with Crippen LogP contribution in [0.2, 0.25) is 0 Å². The lowest BCUT2D eigenvalue weighted by Crippen LogP contribution is -2.24. The molecule has 8 heteroatoms. The number of carbonyl (C=O) groups is 1. The fraction of sp³-hybridized carbons (Fsp3) is 0.111. The van der Waals surface area contributed by atoms with E-state index in [9.17, 15) is 9.90 Å². The Morgan fingerprint density at radius 3 is 2.94 bits per heavy atom. The van der Waals surface area contributed by atoms with Crippen LogP contribution in [0.5, 0.6) is 11.5 Å². The van der Waals surface area contributed by atoms with E-state index in [-0.39, 0.29) is 5.75 Å². The molecule has 4 N–H and O–H groups in total. The SMILES string of the molecule is COc1cc(/C=N/NC(N)=O)c(Br)c(I)c1O. The number of nitrogens with two attached hydrogens (primary N) is 1. The predicted molar refractivity (Wildman–Crippen MR) is 75.4 cm³/mol. The maximum atomic E-state index is 10.4. The average molecular weight is 414 g/mol. The standard InChI is InChI=1S/C9H9BrIN3O3/c1-17-5-2-4(3-13-14-9(12)16)6(10)7(11)8(5)15/h2-3,15H,1H3,(H3,12,14,16)/b13-3+. The number of phenolic OH excluding ortho intramolecular Hbond substituents is 1. The average Bonchev–Trinajstić information content (AvgIpc) is 2.29. The van der Waals surface area contributed by atoms with E-state index in [1.807, 2.05) is 22.6 Å². The fourth-order valence-corrected chi connectivity index (χ4v) is 2.01. The fourth-order valence-electron chi connectivity index (χ4n) is 1.03. The molecule has 1 rings (SSSR count). The molecule has 1 aromatic carbocycles. The van der Waals surface area contributed by atoms with Gasteiger partial charge >= 0.3 is 6.03 Å². The first-order chi connectivity index (χ1) is 7.97. The Hall–Kier alpha value is -1.03. The molecular formula is C9H9BrIN3O3. The minimum atomic E-state index is -0.752. The molecular weight excluding hydrogens is 405 g/mol.